The summed E-state index contributed by atoms with van der Waals surface area (Å²) in [5.74, 6) is -1.37. The summed E-state index contributed by atoms with van der Waals surface area (Å²) in [7, 11) is 0. The molecule has 0 fully saturated rings. The molecule has 0 bridgehead atoms. The second-order valence-corrected chi connectivity index (χ2v) is 7.52. The van der Waals surface area contributed by atoms with Gasteiger partial charge in [0.1, 0.15) is 11.5 Å². The number of nitrogens with one attached hydrogen (secondary N) is 1. The number of hydrogen-bond donors (Lipinski definition) is 2. The van der Waals surface area contributed by atoms with E-state index in [1.54, 1.807) is 55.6 Å². The molecule has 5 aromatic rings. The summed E-state index contributed by atoms with van der Waals surface area (Å²) in [5.41, 5.74) is 8.76. The molecule has 0 spiro atoms. The van der Waals surface area contributed by atoms with Gasteiger partial charge in [-0.2, -0.15) is 5.10 Å². The van der Waals surface area contributed by atoms with Gasteiger partial charge < -0.3 is 15.6 Å². The fourth-order valence-corrected chi connectivity index (χ4v) is 3.54. The smallest absolute Gasteiger partial charge is 0.269 e. The molecule has 0 aliphatic rings. The molecule has 2 aromatic carbocycles. The Bertz CT molecular complexity index is 1540. The largest absolute Gasteiger partial charge is 0.364 e. The number of carbonyl (C=O) groups excluding carboxylic acids is 2. The summed E-state index contributed by atoms with van der Waals surface area (Å²) >= 11 is 0. The molecule has 0 aliphatic heterocycles. The van der Waals surface area contributed by atoms with Crippen molar-refractivity contribution in [2.75, 3.05) is 5.32 Å². The zero-order valence-electron chi connectivity index (χ0n) is 17.8. The van der Waals surface area contributed by atoms with Crippen molar-refractivity contribution >= 4 is 28.6 Å². The fraction of sp³-hybridized carbons (Fsp3) is 0.0417. The van der Waals surface area contributed by atoms with E-state index in [1.807, 2.05) is 0 Å². The first kappa shape index (κ1) is 21.0. The van der Waals surface area contributed by atoms with Crippen LogP contribution in [0.25, 0.3) is 28.0 Å². The highest BCUT2D eigenvalue weighted by atomic mass is 19.1. The Balaban J connectivity index is 1.45. The van der Waals surface area contributed by atoms with Crippen LogP contribution in [0.5, 0.6) is 0 Å². The van der Waals surface area contributed by atoms with Crippen molar-refractivity contribution in [1.29, 1.82) is 0 Å². The van der Waals surface area contributed by atoms with E-state index in [2.05, 4.69) is 20.6 Å². The van der Waals surface area contributed by atoms with E-state index in [4.69, 9.17) is 10.3 Å². The highest BCUT2D eigenvalue weighted by Crippen LogP contribution is 2.28. The van der Waals surface area contributed by atoms with Crippen molar-refractivity contribution in [1.82, 2.24) is 19.9 Å². The lowest BCUT2D eigenvalue weighted by Gasteiger charge is -2.09. The minimum absolute atomic E-state index is 0.153. The molecule has 0 aliphatic carbocycles. The maximum Gasteiger partial charge on any atom is 0.269 e. The van der Waals surface area contributed by atoms with Crippen LogP contribution in [0.2, 0.25) is 0 Å². The minimum atomic E-state index is -0.615. The number of rotatable bonds is 5. The van der Waals surface area contributed by atoms with Gasteiger partial charge in [0.2, 0.25) is 0 Å². The highest BCUT2D eigenvalue weighted by molar-refractivity contribution is 6.13. The van der Waals surface area contributed by atoms with Crippen LogP contribution in [0.1, 0.15) is 26.5 Å². The molecular formula is C24H17FN6O3. The molecule has 5 rings (SSSR count). The number of pyridine rings is 1. The van der Waals surface area contributed by atoms with Crippen LogP contribution in [0, 0.1) is 12.7 Å². The first-order chi connectivity index (χ1) is 16.4. The van der Waals surface area contributed by atoms with Crippen molar-refractivity contribution in [3.05, 3.63) is 89.6 Å². The first-order valence-electron chi connectivity index (χ1n) is 10.2. The third-order valence-corrected chi connectivity index (χ3v) is 5.23. The number of nitrogens with two attached hydrogens (primary N) is 1. The normalized spacial score (nSPS) is 11.0. The van der Waals surface area contributed by atoms with Gasteiger partial charge in [0.25, 0.3) is 17.5 Å². The molecule has 9 nitrogen and oxygen atoms in total. The average molecular weight is 456 g/mol. The van der Waals surface area contributed by atoms with Gasteiger partial charge >= 0.3 is 0 Å². The summed E-state index contributed by atoms with van der Waals surface area (Å²) in [6, 6.07) is 15.8. The molecule has 3 N–H and O–H groups in total. The summed E-state index contributed by atoms with van der Waals surface area (Å²) in [5, 5.41) is 11.4. The third-order valence-electron chi connectivity index (χ3n) is 5.23. The number of halogens is 1. The lowest BCUT2D eigenvalue weighted by Crippen LogP contribution is -2.13. The summed E-state index contributed by atoms with van der Waals surface area (Å²) in [4.78, 5) is 28.9. The number of primary amides is 1. The van der Waals surface area contributed by atoms with Crippen LogP contribution < -0.4 is 11.1 Å². The maximum atomic E-state index is 13.3. The fourth-order valence-electron chi connectivity index (χ4n) is 3.54. The van der Waals surface area contributed by atoms with Crippen LogP contribution >= 0.6 is 0 Å². The van der Waals surface area contributed by atoms with Crippen LogP contribution in [0.3, 0.4) is 0 Å². The molecule has 0 saturated carbocycles. The van der Waals surface area contributed by atoms with Crippen LogP contribution in [0.4, 0.5) is 10.1 Å². The molecule has 34 heavy (non-hydrogen) atoms. The molecule has 0 atom stereocenters. The minimum Gasteiger partial charge on any atom is -0.364 e. The van der Waals surface area contributed by atoms with E-state index in [0.717, 1.165) is 0 Å². The Morgan fingerprint density at radius 2 is 1.79 bits per heavy atom. The number of benzene rings is 2. The Kier molecular flexibility index (Phi) is 5.09. The lowest BCUT2D eigenvalue weighted by atomic mass is 10.0. The first-order valence-corrected chi connectivity index (χ1v) is 10.2. The third kappa shape index (κ3) is 3.88. The van der Waals surface area contributed by atoms with Gasteiger partial charge in [-0.25, -0.2) is 14.1 Å². The van der Waals surface area contributed by atoms with Gasteiger partial charge in [0.05, 0.1) is 28.0 Å². The Labute approximate surface area is 192 Å². The van der Waals surface area contributed by atoms with Crippen molar-refractivity contribution in [3.8, 4) is 16.9 Å². The predicted octanol–water partition coefficient (Wildman–Crippen LogP) is 3.87. The second-order valence-electron chi connectivity index (χ2n) is 7.52. The van der Waals surface area contributed by atoms with Crippen molar-refractivity contribution < 1.29 is 18.5 Å². The zero-order chi connectivity index (χ0) is 23.8. The van der Waals surface area contributed by atoms with E-state index in [9.17, 15) is 14.0 Å². The van der Waals surface area contributed by atoms with Crippen molar-refractivity contribution in [2.24, 2.45) is 5.73 Å². The summed E-state index contributed by atoms with van der Waals surface area (Å²) in [6.45, 7) is 1.72. The Morgan fingerprint density at radius 3 is 2.47 bits per heavy atom. The molecule has 3 aromatic heterocycles. The maximum absolute atomic E-state index is 13.3. The quantitative estimate of drug-likeness (QED) is 0.413. The van der Waals surface area contributed by atoms with Gasteiger partial charge in [-0.15, -0.1) is 0 Å². The topological polar surface area (TPSA) is 129 Å². The number of carbonyl (C=O) groups is 2. The van der Waals surface area contributed by atoms with Crippen molar-refractivity contribution in [2.45, 2.75) is 6.92 Å². The highest BCUT2D eigenvalue weighted by Gasteiger charge is 2.20. The van der Waals surface area contributed by atoms with E-state index < -0.39 is 5.91 Å². The van der Waals surface area contributed by atoms with Gasteiger partial charge in [0.15, 0.2) is 0 Å². The van der Waals surface area contributed by atoms with E-state index in [-0.39, 0.29) is 23.1 Å². The average Bonchev–Trinajstić information content (AvgIpc) is 3.47. The molecule has 168 valence electrons. The Morgan fingerprint density at radius 1 is 1.06 bits per heavy atom. The van der Waals surface area contributed by atoms with E-state index in [0.29, 0.717) is 39.3 Å². The molecular weight excluding hydrogens is 439 g/mol. The van der Waals surface area contributed by atoms with Crippen molar-refractivity contribution in [3.63, 3.8) is 0 Å². The Hall–Kier alpha value is -4.86. The number of fused-ring (bicyclic) bond motifs is 1. The van der Waals surface area contributed by atoms with Crippen LogP contribution in [-0.2, 0) is 0 Å². The lowest BCUT2D eigenvalue weighted by molar-refractivity contribution is 0.0993. The number of anilines is 1. The second kappa shape index (κ2) is 8.24. The molecule has 0 radical (unpaired) electrons. The van der Waals surface area contributed by atoms with E-state index in [1.165, 1.54) is 22.9 Å². The zero-order valence-corrected chi connectivity index (χ0v) is 17.8. The monoisotopic (exact) mass is 456 g/mol. The number of amides is 2. The SMILES string of the molecule is Cc1noc2nc(-c3ccc(F)cc3)cc(C(=O)Nc3ccc(-n4ccc(C(N)=O)n4)cc3)c12. The van der Waals surface area contributed by atoms with Crippen LogP contribution in [-0.4, -0.2) is 31.7 Å². The molecule has 2 amide bonds. The number of aryl methyl sites for hydroxylation is 1. The molecule has 0 unspecified atom stereocenters. The predicted molar refractivity (Wildman–Crippen MR) is 122 cm³/mol. The molecule has 3 heterocycles. The summed E-state index contributed by atoms with van der Waals surface area (Å²) in [6.07, 6.45) is 1.62. The van der Waals surface area contributed by atoms with Crippen LogP contribution in [0.15, 0.2) is 71.4 Å². The van der Waals surface area contributed by atoms with Gasteiger partial charge in [-0.3, -0.25) is 9.59 Å². The molecule has 0 saturated heterocycles. The van der Waals surface area contributed by atoms with E-state index >= 15 is 0 Å². The van der Waals surface area contributed by atoms with Gasteiger partial charge in [-0.05, 0) is 67.6 Å². The van der Waals surface area contributed by atoms with Gasteiger partial charge in [0, 0.05) is 17.4 Å². The van der Waals surface area contributed by atoms with Gasteiger partial charge in [-0.1, -0.05) is 5.16 Å². The standard InChI is InChI=1S/C24H17FN6O3/c1-13-21-18(12-20(28-24(21)34-30-13)14-2-4-15(25)5-3-14)23(33)27-16-6-8-17(9-7-16)31-11-10-19(29-31)22(26)32/h2-12H,1H3,(H2,26,32)(H,27,33). The number of hydrogen-bond acceptors (Lipinski definition) is 6. The summed E-state index contributed by atoms with van der Waals surface area (Å²) < 4.78 is 20.2. The molecule has 10 heteroatoms. The number of nitrogens with zero attached hydrogens (tertiary/aromatic N) is 4. The number of aromatic nitrogens is 4.